The van der Waals surface area contributed by atoms with Gasteiger partial charge in [-0.05, 0) is 44.7 Å². The summed E-state index contributed by atoms with van der Waals surface area (Å²) >= 11 is 7.31. The summed E-state index contributed by atoms with van der Waals surface area (Å²) in [5, 5.41) is 0. The Kier molecular flexibility index (Phi) is 4.76. The largest absolute Gasteiger partial charge is 0.346 e. The molecule has 0 unspecified atom stereocenters. The minimum atomic E-state index is 0.811. The summed E-state index contributed by atoms with van der Waals surface area (Å²) in [6.07, 6.45) is 5.99. The Morgan fingerprint density at radius 1 is 1.24 bits per heavy atom. The Morgan fingerprint density at radius 2 is 2.10 bits per heavy atom. The highest BCUT2D eigenvalue weighted by molar-refractivity contribution is 7.98. The van der Waals surface area contributed by atoms with Gasteiger partial charge in [0.1, 0.15) is 10.5 Å². The van der Waals surface area contributed by atoms with Gasteiger partial charge in [0.15, 0.2) is 0 Å². The van der Waals surface area contributed by atoms with Crippen LogP contribution in [0.4, 0.5) is 0 Å². The summed E-state index contributed by atoms with van der Waals surface area (Å²) in [4.78, 5) is 9.42. The van der Waals surface area contributed by atoms with Crippen molar-refractivity contribution in [2.24, 2.45) is 0 Å². The zero-order chi connectivity index (χ0) is 14.7. The molecule has 0 bridgehead atoms. The number of H-pyrrole nitrogens is 1. The van der Waals surface area contributed by atoms with E-state index >= 15 is 0 Å². The van der Waals surface area contributed by atoms with Crippen LogP contribution in [0.15, 0.2) is 29.2 Å². The number of aromatic nitrogens is 2. The fourth-order valence-corrected chi connectivity index (χ4v) is 3.99. The molecule has 110 valence electrons. The zero-order valence-electron chi connectivity index (χ0n) is 12.3. The van der Waals surface area contributed by atoms with Crippen LogP contribution in [0.2, 0.25) is 0 Å². The van der Waals surface area contributed by atoms with Crippen LogP contribution < -0.4 is 0 Å². The Hall–Kier alpha value is -1.13. The summed E-state index contributed by atoms with van der Waals surface area (Å²) in [7, 11) is 0. The van der Waals surface area contributed by atoms with Gasteiger partial charge in [-0.3, -0.25) is 0 Å². The van der Waals surface area contributed by atoms with E-state index in [1.54, 1.807) is 0 Å². The summed E-state index contributed by atoms with van der Waals surface area (Å²) in [5.74, 6) is 1.85. The average molecular weight is 316 g/mol. The minimum Gasteiger partial charge on any atom is -0.346 e. The van der Waals surface area contributed by atoms with Crippen LogP contribution in [0.5, 0.6) is 0 Å². The normalized spacial score (nSPS) is 14.5. The van der Waals surface area contributed by atoms with Crippen LogP contribution in [0, 0.1) is 11.6 Å². The molecule has 3 rings (SSSR count). The molecular weight excluding hydrogens is 296 g/mol. The number of thioether (sulfide) groups is 1. The molecule has 1 aliphatic rings. The van der Waals surface area contributed by atoms with E-state index in [4.69, 9.17) is 12.2 Å². The third-order valence-corrected chi connectivity index (χ3v) is 5.22. The maximum Gasteiger partial charge on any atom is 0.133 e. The number of aromatic amines is 1. The second-order valence-corrected chi connectivity index (χ2v) is 7.05. The monoisotopic (exact) mass is 316 g/mol. The quantitative estimate of drug-likeness (QED) is 0.490. The van der Waals surface area contributed by atoms with Crippen LogP contribution in [-0.4, -0.2) is 9.97 Å². The molecule has 0 saturated carbocycles. The van der Waals surface area contributed by atoms with Gasteiger partial charge in [0.2, 0.25) is 0 Å². The van der Waals surface area contributed by atoms with Gasteiger partial charge in [-0.15, -0.1) is 11.8 Å². The Morgan fingerprint density at radius 3 is 2.95 bits per heavy atom. The van der Waals surface area contributed by atoms with Crippen LogP contribution >= 0.6 is 24.0 Å². The van der Waals surface area contributed by atoms with Gasteiger partial charge >= 0.3 is 0 Å². The smallest absolute Gasteiger partial charge is 0.133 e. The molecule has 1 aromatic carbocycles. The molecule has 2 aromatic rings. The number of fused-ring (bicyclic) bond motifs is 1. The second kappa shape index (κ2) is 6.75. The number of benzene rings is 1. The summed E-state index contributed by atoms with van der Waals surface area (Å²) in [6.45, 7) is 2.12. The van der Waals surface area contributed by atoms with E-state index in [0.717, 1.165) is 29.1 Å². The van der Waals surface area contributed by atoms with Crippen molar-refractivity contribution in [1.82, 2.24) is 9.97 Å². The summed E-state index contributed by atoms with van der Waals surface area (Å²) in [6, 6.07) is 8.58. The molecule has 1 aliphatic carbocycles. The Labute approximate surface area is 135 Å². The van der Waals surface area contributed by atoms with Gasteiger partial charge in [0, 0.05) is 16.2 Å². The number of rotatable bonds is 3. The molecule has 0 radical (unpaired) electrons. The highest BCUT2D eigenvalue weighted by Gasteiger charge is 2.12. The predicted molar refractivity (Wildman–Crippen MR) is 91.4 cm³/mol. The van der Waals surface area contributed by atoms with Crippen molar-refractivity contribution in [3.8, 4) is 0 Å². The van der Waals surface area contributed by atoms with E-state index in [1.807, 2.05) is 11.8 Å². The molecule has 0 atom stereocenters. The first-order valence-corrected chi connectivity index (χ1v) is 8.92. The molecule has 0 spiro atoms. The van der Waals surface area contributed by atoms with Crippen molar-refractivity contribution in [2.75, 3.05) is 0 Å². The van der Waals surface area contributed by atoms with E-state index < -0.39 is 0 Å². The van der Waals surface area contributed by atoms with E-state index in [2.05, 4.69) is 41.2 Å². The lowest BCUT2D eigenvalue weighted by molar-refractivity contribution is 0.708. The highest BCUT2D eigenvalue weighted by Crippen LogP contribution is 2.24. The fourth-order valence-electron chi connectivity index (χ4n) is 2.77. The highest BCUT2D eigenvalue weighted by atomic mass is 32.2. The molecule has 0 amide bonds. The van der Waals surface area contributed by atoms with Gasteiger partial charge in [0.25, 0.3) is 0 Å². The number of nitrogens with one attached hydrogen (secondary N) is 1. The van der Waals surface area contributed by atoms with Crippen molar-refractivity contribution in [1.29, 1.82) is 0 Å². The number of nitrogens with zero attached hydrogens (tertiary/aromatic N) is 1. The molecular formula is C17H20N2S2. The fraction of sp³-hybridized carbons (Fsp3) is 0.412. The lowest BCUT2D eigenvalue weighted by Gasteiger charge is -2.09. The van der Waals surface area contributed by atoms with E-state index in [-0.39, 0.29) is 0 Å². The van der Waals surface area contributed by atoms with Crippen molar-refractivity contribution >= 4 is 24.0 Å². The zero-order valence-corrected chi connectivity index (χ0v) is 13.9. The molecule has 1 heterocycles. The van der Waals surface area contributed by atoms with E-state index in [0.29, 0.717) is 0 Å². The third-order valence-electron chi connectivity index (χ3n) is 3.87. The predicted octanol–water partition coefficient (Wildman–Crippen LogP) is 5.01. The maximum absolute atomic E-state index is 5.50. The lowest BCUT2D eigenvalue weighted by atomic mass is 10.1. The maximum atomic E-state index is 5.50. The van der Waals surface area contributed by atoms with E-state index in [1.165, 1.54) is 41.0 Å². The number of hydrogen-bond donors (Lipinski definition) is 1. The molecule has 0 saturated heterocycles. The Bertz CT molecular complexity index is 691. The first-order valence-electron chi connectivity index (χ1n) is 7.53. The number of hydrogen-bond acceptors (Lipinski definition) is 3. The van der Waals surface area contributed by atoms with E-state index in [9.17, 15) is 0 Å². The van der Waals surface area contributed by atoms with Gasteiger partial charge in [-0.25, -0.2) is 4.98 Å². The molecule has 2 nitrogen and oxygen atoms in total. The third kappa shape index (κ3) is 3.74. The first-order chi connectivity index (χ1) is 10.2. The summed E-state index contributed by atoms with van der Waals surface area (Å²) < 4.78 is 0.811. The number of aryl methyl sites for hydroxylation is 2. The molecule has 1 aromatic heterocycles. The Balaban J connectivity index is 1.78. The summed E-state index contributed by atoms with van der Waals surface area (Å²) in [5.41, 5.74) is 3.90. The topological polar surface area (TPSA) is 28.7 Å². The second-order valence-electron chi connectivity index (χ2n) is 5.61. The van der Waals surface area contributed by atoms with Crippen LogP contribution in [0.25, 0.3) is 0 Å². The van der Waals surface area contributed by atoms with Crippen LogP contribution in [0.3, 0.4) is 0 Å². The first kappa shape index (κ1) is 14.8. The van der Waals surface area contributed by atoms with Crippen molar-refractivity contribution < 1.29 is 0 Å². The van der Waals surface area contributed by atoms with Gasteiger partial charge in [0.05, 0.1) is 5.75 Å². The van der Waals surface area contributed by atoms with Gasteiger partial charge in [-0.2, -0.15) is 0 Å². The standard InChI is InChI=1S/C17H20N2S2/c1-12-6-5-7-13(10-12)21-11-16-18-15-9-4-2-3-8-14(15)17(20)19-16/h5-7,10H,2-4,8-9,11H2,1H3,(H,18,19,20). The van der Waals surface area contributed by atoms with Crippen LogP contribution in [-0.2, 0) is 18.6 Å². The molecule has 0 fully saturated rings. The van der Waals surface area contributed by atoms with Crippen molar-refractivity contribution in [3.63, 3.8) is 0 Å². The SMILES string of the molecule is Cc1cccc(SCc2nc(=S)c3c([nH]2)CCCCC3)c1. The molecule has 1 N–H and O–H groups in total. The lowest BCUT2D eigenvalue weighted by Crippen LogP contribution is -2.03. The van der Waals surface area contributed by atoms with Crippen LogP contribution in [0.1, 0.15) is 41.9 Å². The van der Waals surface area contributed by atoms with Crippen molar-refractivity contribution in [3.05, 3.63) is 51.6 Å². The minimum absolute atomic E-state index is 0.811. The molecule has 0 aliphatic heterocycles. The van der Waals surface area contributed by atoms with Gasteiger partial charge in [-0.1, -0.05) is 36.3 Å². The van der Waals surface area contributed by atoms with Gasteiger partial charge < -0.3 is 4.98 Å². The van der Waals surface area contributed by atoms with Crippen molar-refractivity contribution in [2.45, 2.75) is 49.7 Å². The molecule has 4 heteroatoms. The molecule has 21 heavy (non-hydrogen) atoms. The average Bonchev–Trinajstić information content (AvgIpc) is 2.71.